The third-order valence-corrected chi connectivity index (χ3v) is 5.93. The number of primary amides is 1. The SMILES string of the molecule is Cc1ccnc(NC(=O)c2ccc(-c3nc([C@@H]4CCCN4C(=O)OC(C)(C)C)n(N)c3C(N)=O)cc2)c1. The van der Waals surface area contributed by atoms with Crippen LogP contribution < -0.4 is 16.9 Å². The van der Waals surface area contributed by atoms with Gasteiger partial charge in [-0.1, -0.05) is 12.1 Å². The van der Waals surface area contributed by atoms with Crippen molar-refractivity contribution in [3.63, 3.8) is 0 Å². The van der Waals surface area contributed by atoms with Crippen LogP contribution in [0.4, 0.5) is 10.6 Å². The lowest BCUT2D eigenvalue weighted by Crippen LogP contribution is -2.38. The van der Waals surface area contributed by atoms with Crippen LogP contribution in [0.2, 0.25) is 0 Å². The van der Waals surface area contributed by atoms with E-state index in [1.165, 1.54) is 0 Å². The van der Waals surface area contributed by atoms with Gasteiger partial charge in [-0.3, -0.25) is 14.5 Å². The lowest BCUT2D eigenvalue weighted by molar-refractivity contribution is 0.0217. The van der Waals surface area contributed by atoms with E-state index in [1.807, 2.05) is 13.0 Å². The second-order valence-corrected chi connectivity index (χ2v) is 9.98. The van der Waals surface area contributed by atoms with Crippen molar-refractivity contribution >= 4 is 23.7 Å². The van der Waals surface area contributed by atoms with Crippen LogP contribution in [0.15, 0.2) is 42.6 Å². The molecule has 1 fully saturated rings. The maximum absolute atomic E-state index is 12.8. The minimum absolute atomic E-state index is 0.00667. The molecule has 2 aromatic heterocycles. The molecule has 0 radical (unpaired) electrons. The molecule has 11 nitrogen and oxygen atoms in total. The van der Waals surface area contributed by atoms with E-state index in [0.29, 0.717) is 35.7 Å². The number of carbonyl (C=O) groups is 3. The maximum Gasteiger partial charge on any atom is 0.410 e. The Kier molecular flexibility index (Phi) is 6.88. The summed E-state index contributed by atoms with van der Waals surface area (Å²) in [6.07, 6.45) is 2.49. The average molecular weight is 506 g/mol. The molecule has 3 amide bonds. The number of hydrogen-bond acceptors (Lipinski definition) is 7. The van der Waals surface area contributed by atoms with Crippen LogP contribution in [-0.2, 0) is 4.74 Å². The van der Waals surface area contributed by atoms with Gasteiger partial charge in [-0.15, -0.1) is 0 Å². The number of nitrogens with two attached hydrogens (primary N) is 2. The highest BCUT2D eigenvalue weighted by atomic mass is 16.6. The molecule has 1 saturated heterocycles. The number of imidazole rings is 1. The number of nitrogens with zero attached hydrogens (tertiary/aromatic N) is 4. The summed E-state index contributed by atoms with van der Waals surface area (Å²) >= 11 is 0. The Bertz CT molecular complexity index is 1340. The smallest absolute Gasteiger partial charge is 0.410 e. The third-order valence-electron chi connectivity index (χ3n) is 5.93. The number of aromatic nitrogens is 3. The Labute approximate surface area is 214 Å². The van der Waals surface area contributed by atoms with Crippen molar-refractivity contribution in [3.05, 3.63) is 65.2 Å². The zero-order chi connectivity index (χ0) is 26.9. The number of anilines is 1. The lowest BCUT2D eigenvalue weighted by Gasteiger charge is -2.28. The molecule has 3 heterocycles. The zero-order valence-corrected chi connectivity index (χ0v) is 21.3. The van der Waals surface area contributed by atoms with Gasteiger partial charge in [0.1, 0.15) is 17.1 Å². The van der Waals surface area contributed by atoms with Crippen LogP contribution in [0.1, 0.15) is 71.9 Å². The number of ether oxygens (including phenoxy) is 1. The number of likely N-dealkylation sites (tertiary alicyclic amines) is 1. The molecule has 37 heavy (non-hydrogen) atoms. The molecule has 11 heteroatoms. The van der Waals surface area contributed by atoms with E-state index in [4.69, 9.17) is 16.3 Å². The lowest BCUT2D eigenvalue weighted by atomic mass is 10.1. The fourth-order valence-electron chi connectivity index (χ4n) is 4.27. The molecule has 0 saturated carbocycles. The number of nitrogens with one attached hydrogen (secondary N) is 1. The van der Waals surface area contributed by atoms with Gasteiger partial charge < -0.3 is 21.6 Å². The normalized spacial score (nSPS) is 15.5. The minimum Gasteiger partial charge on any atom is -0.444 e. The Morgan fingerprint density at radius 3 is 2.46 bits per heavy atom. The van der Waals surface area contributed by atoms with Gasteiger partial charge in [-0.25, -0.2) is 19.4 Å². The van der Waals surface area contributed by atoms with E-state index >= 15 is 0 Å². The summed E-state index contributed by atoms with van der Waals surface area (Å²) in [5, 5.41) is 2.76. The number of carbonyl (C=O) groups excluding carboxylic acids is 3. The van der Waals surface area contributed by atoms with Crippen molar-refractivity contribution in [2.24, 2.45) is 5.73 Å². The van der Waals surface area contributed by atoms with E-state index < -0.39 is 23.6 Å². The van der Waals surface area contributed by atoms with Crippen LogP contribution >= 0.6 is 0 Å². The van der Waals surface area contributed by atoms with E-state index in [0.717, 1.165) is 16.7 Å². The Morgan fingerprint density at radius 2 is 1.84 bits per heavy atom. The minimum atomic E-state index is -0.759. The number of amides is 3. The summed E-state index contributed by atoms with van der Waals surface area (Å²) in [7, 11) is 0. The van der Waals surface area contributed by atoms with Gasteiger partial charge in [0, 0.05) is 23.9 Å². The van der Waals surface area contributed by atoms with Crippen LogP contribution in [0.5, 0.6) is 0 Å². The van der Waals surface area contributed by atoms with Gasteiger partial charge in [0.05, 0.1) is 6.04 Å². The molecular formula is C26H31N7O4. The summed E-state index contributed by atoms with van der Waals surface area (Å²) in [4.78, 5) is 48.2. The van der Waals surface area contributed by atoms with Crippen molar-refractivity contribution in [2.75, 3.05) is 17.7 Å². The maximum atomic E-state index is 12.8. The van der Waals surface area contributed by atoms with Crippen LogP contribution in [-0.4, -0.2) is 49.6 Å². The molecule has 0 bridgehead atoms. The molecule has 1 aliphatic rings. The summed E-state index contributed by atoms with van der Waals surface area (Å²) in [5.41, 5.74) is 7.20. The molecule has 0 aliphatic carbocycles. The summed E-state index contributed by atoms with van der Waals surface area (Å²) in [6, 6.07) is 9.69. The largest absolute Gasteiger partial charge is 0.444 e. The monoisotopic (exact) mass is 505 g/mol. The fourth-order valence-corrected chi connectivity index (χ4v) is 4.27. The molecule has 1 aromatic carbocycles. The molecule has 0 spiro atoms. The highest BCUT2D eigenvalue weighted by molar-refractivity contribution is 6.04. The molecule has 0 unspecified atom stereocenters. The summed E-state index contributed by atoms with van der Waals surface area (Å²) in [5.74, 6) is 5.98. The first-order valence-corrected chi connectivity index (χ1v) is 12.0. The highest BCUT2D eigenvalue weighted by Gasteiger charge is 2.37. The molecular weight excluding hydrogens is 474 g/mol. The third kappa shape index (κ3) is 5.55. The van der Waals surface area contributed by atoms with Crippen molar-refractivity contribution in [1.82, 2.24) is 19.5 Å². The standard InChI is InChI=1S/C26H31N7O4/c1-15-11-12-29-19(14-15)30-24(35)17-9-7-16(8-10-17)20-21(22(27)34)33(28)23(31-20)18-6-5-13-32(18)25(36)37-26(2,3)4/h7-12,14,18H,5-6,13,28H2,1-4H3,(H2,27,34)(H,29,30,35)/t18-/m0/s1. The molecule has 5 N–H and O–H groups in total. The Balaban J connectivity index is 1.62. The van der Waals surface area contributed by atoms with E-state index in [1.54, 1.807) is 62.2 Å². The summed E-state index contributed by atoms with van der Waals surface area (Å²) < 4.78 is 6.69. The predicted octanol–water partition coefficient (Wildman–Crippen LogP) is 3.39. The van der Waals surface area contributed by atoms with Crippen LogP contribution in [0, 0.1) is 6.92 Å². The van der Waals surface area contributed by atoms with Crippen molar-refractivity contribution in [1.29, 1.82) is 0 Å². The highest BCUT2D eigenvalue weighted by Crippen LogP contribution is 2.35. The fraction of sp³-hybridized carbons (Fsp3) is 0.346. The number of hydrogen-bond donors (Lipinski definition) is 3. The number of benzene rings is 1. The van der Waals surface area contributed by atoms with Crippen molar-refractivity contribution in [3.8, 4) is 11.3 Å². The predicted molar refractivity (Wildman–Crippen MR) is 138 cm³/mol. The molecule has 4 rings (SSSR count). The van der Waals surface area contributed by atoms with Gasteiger partial charge >= 0.3 is 6.09 Å². The van der Waals surface area contributed by atoms with Crippen LogP contribution in [0.25, 0.3) is 11.3 Å². The van der Waals surface area contributed by atoms with Gasteiger partial charge in [-0.05, 0) is 70.4 Å². The second-order valence-electron chi connectivity index (χ2n) is 9.98. The molecule has 3 aromatic rings. The average Bonchev–Trinajstić information content (AvgIpc) is 3.42. The Hall–Kier alpha value is -4.41. The van der Waals surface area contributed by atoms with Crippen molar-refractivity contribution in [2.45, 2.75) is 52.2 Å². The topological polar surface area (TPSA) is 158 Å². The number of nitrogen functional groups attached to an aromatic ring is 1. The number of rotatable bonds is 5. The quantitative estimate of drug-likeness (QED) is 0.448. The second kappa shape index (κ2) is 9.92. The molecule has 194 valence electrons. The molecule has 1 atom stereocenters. The van der Waals surface area contributed by atoms with Gasteiger partial charge in [0.25, 0.3) is 11.8 Å². The number of aryl methyl sites for hydroxylation is 1. The van der Waals surface area contributed by atoms with Crippen LogP contribution in [0.3, 0.4) is 0 Å². The summed E-state index contributed by atoms with van der Waals surface area (Å²) in [6.45, 7) is 7.78. The van der Waals surface area contributed by atoms with E-state index in [9.17, 15) is 14.4 Å². The number of pyridine rings is 1. The van der Waals surface area contributed by atoms with Gasteiger partial charge in [-0.2, -0.15) is 0 Å². The first kappa shape index (κ1) is 25.7. The Morgan fingerprint density at radius 1 is 1.14 bits per heavy atom. The molecule has 1 aliphatic heterocycles. The van der Waals surface area contributed by atoms with E-state index in [-0.39, 0.29) is 17.3 Å². The first-order chi connectivity index (χ1) is 17.4. The van der Waals surface area contributed by atoms with Gasteiger partial charge in [0.15, 0.2) is 11.5 Å². The van der Waals surface area contributed by atoms with E-state index in [2.05, 4.69) is 15.3 Å². The first-order valence-electron chi connectivity index (χ1n) is 12.0. The zero-order valence-electron chi connectivity index (χ0n) is 21.3. The van der Waals surface area contributed by atoms with Gasteiger partial charge in [0.2, 0.25) is 0 Å². The van der Waals surface area contributed by atoms with Crippen molar-refractivity contribution < 1.29 is 19.1 Å².